The van der Waals surface area contributed by atoms with E-state index in [9.17, 15) is 0 Å². The molecule has 0 aliphatic rings. The Bertz CT molecular complexity index is 251. The molecule has 0 aromatic carbocycles. The lowest BCUT2D eigenvalue weighted by Crippen LogP contribution is -2.48. The highest BCUT2D eigenvalue weighted by Crippen LogP contribution is 2.15. The summed E-state index contributed by atoms with van der Waals surface area (Å²) in [7, 11) is 0. The van der Waals surface area contributed by atoms with Gasteiger partial charge in [0.15, 0.2) is 0 Å². The van der Waals surface area contributed by atoms with Crippen molar-refractivity contribution in [3.63, 3.8) is 0 Å². The Kier molecular flexibility index (Phi) is 13.8. The van der Waals surface area contributed by atoms with Gasteiger partial charge in [0.05, 0.1) is 39.0 Å². The molecule has 0 aliphatic heterocycles. The van der Waals surface area contributed by atoms with Gasteiger partial charge in [-0.2, -0.15) is 0 Å². The standard InChI is InChI=1S/C20H42NO/c1-6-11-15-20(16-12-7-2)19-22-18-14-13-17-21(8-3,9-4)10-5/h19H,6-18H2,1-5H3/q+1. The topological polar surface area (TPSA) is 9.23 Å². The molecular weight excluding hydrogens is 270 g/mol. The van der Waals surface area contributed by atoms with Crippen LogP contribution in [-0.4, -0.2) is 37.3 Å². The van der Waals surface area contributed by atoms with Gasteiger partial charge in [0, 0.05) is 0 Å². The zero-order valence-corrected chi connectivity index (χ0v) is 16.1. The maximum atomic E-state index is 5.84. The lowest BCUT2D eigenvalue weighted by molar-refractivity contribution is -0.923. The lowest BCUT2D eigenvalue weighted by Gasteiger charge is -2.35. The maximum Gasteiger partial charge on any atom is 0.0875 e. The van der Waals surface area contributed by atoms with Gasteiger partial charge >= 0.3 is 0 Å². The van der Waals surface area contributed by atoms with Gasteiger partial charge in [-0.15, -0.1) is 0 Å². The molecule has 0 fully saturated rings. The van der Waals surface area contributed by atoms with E-state index in [1.165, 1.54) is 87.6 Å². The largest absolute Gasteiger partial charge is 0.501 e. The molecule has 0 saturated carbocycles. The van der Waals surface area contributed by atoms with Crippen LogP contribution in [0.15, 0.2) is 11.8 Å². The average Bonchev–Trinajstić information content (AvgIpc) is 2.56. The molecule has 0 spiro atoms. The molecule has 0 heterocycles. The van der Waals surface area contributed by atoms with Crippen molar-refractivity contribution in [2.75, 3.05) is 32.8 Å². The van der Waals surface area contributed by atoms with Crippen LogP contribution in [0, 0.1) is 0 Å². The van der Waals surface area contributed by atoms with Crippen LogP contribution in [0.5, 0.6) is 0 Å². The second kappa shape index (κ2) is 14.1. The second-order valence-electron chi connectivity index (χ2n) is 6.58. The van der Waals surface area contributed by atoms with Gasteiger partial charge in [-0.1, -0.05) is 26.7 Å². The van der Waals surface area contributed by atoms with E-state index in [4.69, 9.17) is 4.74 Å². The van der Waals surface area contributed by atoms with Gasteiger partial charge in [0.1, 0.15) is 0 Å². The highest BCUT2D eigenvalue weighted by atomic mass is 16.5. The summed E-state index contributed by atoms with van der Waals surface area (Å²) < 4.78 is 7.09. The molecule has 0 bridgehead atoms. The number of unbranched alkanes of at least 4 members (excludes halogenated alkanes) is 3. The molecule has 0 atom stereocenters. The third kappa shape index (κ3) is 9.50. The fourth-order valence-corrected chi connectivity index (χ4v) is 3.01. The third-order valence-electron chi connectivity index (χ3n) is 5.11. The van der Waals surface area contributed by atoms with Gasteiger partial charge < -0.3 is 9.22 Å². The summed E-state index contributed by atoms with van der Waals surface area (Å²) in [6.07, 6.45) is 12.1. The van der Waals surface area contributed by atoms with Crippen molar-refractivity contribution in [3.8, 4) is 0 Å². The monoisotopic (exact) mass is 312 g/mol. The molecule has 0 amide bonds. The molecule has 0 aliphatic carbocycles. The number of quaternary nitrogens is 1. The fraction of sp³-hybridized carbons (Fsp3) is 0.900. The van der Waals surface area contributed by atoms with Gasteiger partial charge in [-0.25, -0.2) is 0 Å². The molecule has 0 N–H and O–H groups in total. The van der Waals surface area contributed by atoms with Crippen LogP contribution < -0.4 is 0 Å². The van der Waals surface area contributed by atoms with Crippen LogP contribution in [0.1, 0.15) is 86.0 Å². The van der Waals surface area contributed by atoms with Crippen molar-refractivity contribution in [1.29, 1.82) is 0 Å². The molecule has 2 heteroatoms. The van der Waals surface area contributed by atoms with Crippen molar-refractivity contribution < 1.29 is 9.22 Å². The van der Waals surface area contributed by atoms with Crippen molar-refractivity contribution in [2.45, 2.75) is 86.0 Å². The minimum Gasteiger partial charge on any atom is -0.501 e. The summed E-state index contributed by atoms with van der Waals surface area (Å²) in [6, 6.07) is 0. The Morgan fingerprint density at radius 3 is 1.77 bits per heavy atom. The van der Waals surface area contributed by atoms with E-state index >= 15 is 0 Å². The SMILES string of the molecule is CCCCC(=COCCCC[N+](CC)(CC)CC)CCCC. The van der Waals surface area contributed by atoms with Crippen LogP contribution >= 0.6 is 0 Å². The first-order valence-electron chi connectivity index (χ1n) is 9.82. The van der Waals surface area contributed by atoms with E-state index in [2.05, 4.69) is 40.9 Å². The molecule has 0 aromatic rings. The first kappa shape index (κ1) is 21.5. The number of allylic oxidation sites excluding steroid dienone is 1. The Balaban J connectivity index is 3.97. The summed E-state index contributed by atoms with van der Waals surface area (Å²) in [5.74, 6) is 0. The van der Waals surface area contributed by atoms with E-state index < -0.39 is 0 Å². The minimum absolute atomic E-state index is 0.888. The normalized spacial score (nSPS) is 11.5. The van der Waals surface area contributed by atoms with Gasteiger partial charge in [0.2, 0.25) is 0 Å². The molecular formula is C20H42NO+. The summed E-state index contributed by atoms with van der Waals surface area (Å²) in [4.78, 5) is 0. The van der Waals surface area contributed by atoms with Crippen LogP contribution in [0.25, 0.3) is 0 Å². The fourth-order valence-electron chi connectivity index (χ4n) is 3.01. The Labute approximate surface area is 140 Å². The molecule has 132 valence electrons. The quantitative estimate of drug-likeness (QED) is 0.207. The zero-order valence-electron chi connectivity index (χ0n) is 16.1. The van der Waals surface area contributed by atoms with Gasteiger partial charge in [-0.05, 0) is 64.9 Å². The smallest absolute Gasteiger partial charge is 0.0875 e. The average molecular weight is 313 g/mol. The molecule has 0 rings (SSSR count). The van der Waals surface area contributed by atoms with Crippen LogP contribution in [0.4, 0.5) is 0 Å². The number of nitrogens with zero attached hydrogens (tertiary/aromatic N) is 1. The number of hydrogen-bond donors (Lipinski definition) is 0. The second-order valence-corrected chi connectivity index (χ2v) is 6.58. The zero-order chi connectivity index (χ0) is 16.7. The maximum absolute atomic E-state index is 5.84. The summed E-state index contributed by atoms with van der Waals surface area (Å²) in [6.45, 7) is 17.4. The highest BCUT2D eigenvalue weighted by molar-refractivity contribution is 4.97. The van der Waals surface area contributed by atoms with Crippen LogP contribution in [0.3, 0.4) is 0 Å². The van der Waals surface area contributed by atoms with Crippen molar-refractivity contribution >= 4 is 0 Å². The van der Waals surface area contributed by atoms with Crippen LogP contribution in [0.2, 0.25) is 0 Å². The first-order chi connectivity index (χ1) is 10.7. The molecule has 0 aromatic heterocycles. The first-order valence-corrected chi connectivity index (χ1v) is 9.82. The Hall–Kier alpha value is -0.500. The summed E-state index contributed by atoms with van der Waals surface area (Å²) >= 11 is 0. The lowest BCUT2D eigenvalue weighted by atomic mass is 10.0. The van der Waals surface area contributed by atoms with Crippen molar-refractivity contribution in [3.05, 3.63) is 11.8 Å². The van der Waals surface area contributed by atoms with E-state index in [0.717, 1.165) is 6.61 Å². The Morgan fingerprint density at radius 2 is 1.32 bits per heavy atom. The highest BCUT2D eigenvalue weighted by Gasteiger charge is 2.19. The van der Waals surface area contributed by atoms with E-state index in [1.54, 1.807) is 0 Å². The van der Waals surface area contributed by atoms with E-state index in [0.29, 0.717) is 0 Å². The predicted molar refractivity (Wildman–Crippen MR) is 99.1 cm³/mol. The predicted octanol–water partition coefficient (Wildman–Crippen LogP) is 5.92. The molecule has 22 heavy (non-hydrogen) atoms. The molecule has 0 saturated heterocycles. The van der Waals surface area contributed by atoms with Gasteiger partial charge in [0.25, 0.3) is 0 Å². The number of rotatable bonds is 15. The molecule has 0 radical (unpaired) electrons. The van der Waals surface area contributed by atoms with Crippen molar-refractivity contribution in [2.24, 2.45) is 0 Å². The summed E-state index contributed by atoms with van der Waals surface area (Å²) in [5.41, 5.74) is 1.52. The van der Waals surface area contributed by atoms with Crippen molar-refractivity contribution in [1.82, 2.24) is 0 Å². The minimum atomic E-state index is 0.888. The number of hydrogen-bond acceptors (Lipinski definition) is 1. The van der Waals surface area contributed by atoms with Crippen LogP contribution in [-0.2, 0) is 4.74 Å². The van der Waals surface area contributed by atoms with Gasteiger partial charge in [-0.3, -0.25) is 0 Å². The third-order valence-corrected chi connectivity index (χ3v) is 5.11. The Morgan fingerprint density at radius 1 is 0.773 bits per heavy atom. The number of ether oxygens (including phenoxy) is 1. The molecule has 0 unspecified atom stereocenters. The summed E-state index contributed by atoms with van der Waals surface area (Å²) in [5, 5.41) is 0. The van der Waals surface area contributed by atoms with E-state index in [-0.39, 0.29) is 0 Å². The van der Waals surface area contributed by atoms with E-state index in [1.807, 2.05) is 0 Å². The molecule has 2 nitrogen and oxygen atoms in total.